The van der Waals surface area contributed by atoms with E-state index in [4.69, 9.17) is 5.73 Å². The zero-order chi connectivity index (χ0) is 13.7. The molecule has 4 rings (SSSR count). The highest BCUT2D eigenvalue weighted by molar-refractivity contribution is 7.10. The van der Waals surface area contributed by atoms with Crippen LogP contribution in [0.4, 0.5) is 0 Å². The molecule has 108 valence electrons. The number of fused-ring (bicyclic) bond motifs is 5. The van der Waals surface area contributed by atoms with Crippen LogP contribution in [0.5, 0.6) is 0 Å². The molecular formula is C16H22N2OS. The van der Waals surface area contributed by atoms with Crippen LogP contribution in [0.25, 0.3) is 0 Å². The summed E-state index contributed by atoms with van der Waals surface area (Å²) in [5.41, 5.74) is 6.06. The quantitative estimate of drug-likeness (QED) is 0.899. The van der Waals surface area contributed by atoms with E-state index in [9.17, 15) is 4.79 Å². The van der Waals surface area contributed by atoms with Gasteiger partial charge < -0.3 is 11.1 Å². The number of hydrogen-bond donors (Lipinski definition) is 2. The smallest absolute Gasteiger partial charge is 0.242 e. The monoisotopic (exact) mass is 290 g/mol. The number of carbonyl (C=O) groups excluding carboxylic acids is 1. The van der Waals surface area contributed by atoms with Gasteiger partial charge in [0.25, 0.3) is 0 Å². The van der Waals surface area contributed by atoms with Gasteiger partial charge in [-0.25, -0.2) is 0 Å². The van der Waals surface area contributed by atoms with Gasteiger partial charge in [-0.1, -0.05) is 12.5 Å². The minimum Gasteiger partial charge on any atom is -0.351 e. The molecule has 2 bridgehead atoms. The van der Waals surface area contributed by atoms with E-state index in [1.165, 1.54) is 32.1 Å². The molecule has 0 aliphatic heterocycles. The summed E-state index contributed by atoms with van der Waals surface area (Å²) < 4.78 is 0. The summed E-state index contributed by atoms with van der Waals surface area (Å²) in [4.78, 5) is 13.3. The maximum Gasteiger partial charge on any atom is 0.242 e. The molecule has 3 aliphatic carbocycles. The first-order valence-corrected chi connectivity index (χ1v) is 8.71. The van der Waals surface area contributed by atoms with Gasteiger partial charge in [0.2, 0.25) is 5.91 Å². The van der Waals surface area contributed by atoms with Crippen molar-refractivity contribution < 1.29 is 4.79 Å². The molecule has 1 aromatic heterocycles. The Hall–Kier alpha value is -0.870. The van der Waals surface area contributed by atoms with Crippen molar-refractivity contribution >= 4 is 17.2 Å². The van der Waals surface area contributed by atoms with Gasteiger partial charge in [0.15, 0.2) is 0 Å². The normalized spacial score (nSPS) is 39.8. The molecule has 6 atom stereocenters. The minimum absolute atomic E-state index is 0.0135. The topological polar surface area (TPSA) is 55.1 Å². The molecular weight excluding hydrogens is 268 g/mol. The fraction of sp³-hybridized carbons (Fsp3) is 0.688. The molecule has 3 aliphatic rings. The molecule has 3 nitrogen and oxygen atoms in total. The molecule has 0 saturated heterocycles. The van der Waals surface area contributed by atoms with Gasteiger partial charge in [-0.3, -0.25) is 4.79 Å². The van der Waals surface area contributed by atoms with Crippen LogP contribution in [0.2, 0.25) is 0 Å². The lowest BCUT2D eigenvalue weighted by Gasteiger charge is -2.32. The van der Waals surface area contributed by atoms with Gasteiger partial charge in [0.05, 0.1) is 0 Å². The fourth-order valence-corrected chi connectivity index (χ4v) is 5.83. The van der Waals surface area contributed by atoms with Crippen LogP contribution in [0.15, 0.2) is 17.5 Å². The zero-order valence-electron chi connectivity index (χ0n) is 11.6. The summed E-state index contributed by atoms with van der Waals surface area (Å²) in [6.07, 6.45) is 6.75. The lowest BCUT2D eigenvalue weighted by molar-refractivity contribution is -0.123. The number of nitrogens with two attached hydrogens (primary N) is 1. The lowest BCUT2D eigenvalue weighted by atomic mass is 9.79. The predicted molar refractivity (Wildman–Crippen MR) is 80.2 cm³/mol. The van der Waals surface area contributed by atoms with Crippen molar-refractivity contribution in [1.82, 2.24) is 5.32 Å². The maximum absolute atomic E-state index is 12.3. The molecule has 3 N–H and O–H groups in total. The summed E-state index contributed by atoms with van der Waals surface area (Å²) in [7, 11) is 0. The van der Waals surface area contributed by atoms with Crippen molar-refractivity contribution in [2.75, 3.05) is 0 Å². The first-order chi connectivity index (χ1) is 9.74. The minimum atomic E-state index is -0.492. The van der Waals surface area contributed by atoms with Crippen molar-refractivity contribution in [3.8, 4) is 0 Å². The van der Waals surface area contributed by atoms with Crippen LogP contribution in [0.1, 0.15) is 43.0 Å². The number of amides is 1. The van der Waals surface area contributed by atoms with Gasteiger partial charge in [0, 0.05) is 10.9 Å². The second kappa shape index (κ2) is 4.85. The third-order valence-electron chi connectivity index (χ3n) is 5.89. The predicted octanol–water partition coefficient (Wildman–Crippen LogP) is 2.69. The highest BCUT2D eigenvalue weighted by Crippen LogP contribution is 2.58. The molecule has 0 aromatic carbocycles. The SMILES string of the molecule is NC(C(=O)NC1CC2CC1C1CCCC21)c1cccs1. The molecule has 3 saturated carbocycles. The maximum atomic E-state index is 12.3. The zero-order valence-corrected chi connectivity index (χ0v) is 12.4. The molecule has 20 heavy (non-hydrogen) atoms. The third-order valence-corrected chi connectivity index (χ3v) is 6.84. The summed E-state index contributed by atoms with van der Waals surface area (Å²) in [6, 6.07) is 3.79. The molecule has 3 fully saturated rings. The molecule has 0 radical (unpaired) electrons. The third kappa shape index (κ3) is 1.92. The molecule has 1 heterocycles. The number of thiophene rings is 1. The van der Waals surface area contributed by atoms with E-state index < -0.39 is 6.04 Å². The van der Waals surface area contributed by atoms with Crippen molar-refractivity contribution in [3.05, 3.63) is 22.4 Å². The number of hydrogen-bond acceptors (Lipinski definition) is 3. The molecule has 4 heteroatoms. The number of rotatable bonds is 3. The Bertz CT molecular complexity index is 501. The van der Waals surface area contributed by atoms with Crippen LogP contribution >= 0.6 is 11.3 Å². The van der Waals surface area contributed by atoms with Crippen LogP contribution in [0, 0.1) is 23.7 Å². The number of carbonyl (C=O) groups is 1. The lowest BCUT2D eigenvalue weighted by Crippen LogP contribution is -2.45. The summed E-state index contributed by atoms with van der Waals surface area (Å²) in [5.74, 6) is 3.47. The van der Waals surface area contributed by atoms with E-state index in [2.05, 4.69) is 5.32 Å². The highest BCUT2D eigenvalue weighted by Gasteiger charge is 2.54. The average molecular weight is 290 g/mol. The van der Waals surface area contributed by atoms with E-state index in [1.54, 1.807) is 11.3 Å². The Labute approximate surface area is 123 Å². The second-order valence-electron chi connectivity index (χ2n) is 6.76. The fourth-order valence-electron chi connectivity index (χ4n) is 5.10. The van der Waals surface area contributed by atoms with Crippen LogP contribution < -0.4 is 11.1 Å². The van der Waals surface area contributed by atoms with E-state index >= 15 is 0 Å². The molecule has 1 aromatic rings. The molecule has 0 spiro atoms. The first kappa shape index (κ1) is 12.8. The summed E-state index contributed by atoms with van der Waals surface area (Å²) >= 11 is 1.56. The van der Waals surface area contributed by atoms with Gasteiger partial charge >= 0.3 is 0 Å². The van der Waals surface area contributed by atoms with E-state index in [-0.39, 0.29) is 5.91 Å². The Kier molecular flexibility index (Phi) is 3.11. The summed E-state index contributed by atoms with van der Waals surface area (Å²) in [5, 5.41) is 5.23. The van der Waals surface area contributed by atoms with Gasteiger partial charge in [-0.05, 0) is 60.8 Å². The first-order valence-electron chi connectivity index (χ1n) is 7.83. The van der Waals surface area contributed by atoms with Crippen molar-refractivity contribution in [3.63, 3.8) is 0 Å². The van der Waals surface area contributed by atoms with Gasteiger partial charge in [-0.2, -0.15) is 0 Å². The van der Waals surface area contributed by atoms with Crippen LogP contribution in [-0.2, 0) is 4.79 Å². The van der Waals surface area contributed by atoms with Crippen LogP contribution in [0.3, 0.4) is 0 Å². The van der Waals surface area contributed by atoms with E-state index in [1.807, 2.05) is 17.5 Å². The Balaban J connectivity index is 1.42. The van der Waals surface area contributed by atoms with Crippen molar-refractivity contribution in [2.45, 2.75) is 44.2 Å². The largest absolute Gasteiger partial charge is 0.351 e. The number of nitrogens with one attached hydrogen (secondary N) is 1. The highest BCUT2D eigenvalue weighted by atomic mass is 32.1. The molecule has 6 unspecified atom stereocenters. The Morgan fingerprint density at radius 1 is 1.30 bits per heavy atom. The average Bonchev–Trinajstić information content (AvgIpc) is 3.18. The second-order valence-corrected chi connectivity index (χ2v) is 7.74. The summed E-state index contributed by atoms with van der Waals surface area (Å²) in [6.45, 7) is 0. The van der Waals surface area contributed by atoms with Gasteiger partial charge in [-0.15, -0.1) is 11.3 Å². The Morgan fingerprint density at radius 2 is 2.15 bits per heavy atom. The molecule has 1 amide bonds. The van der Waals surface area contributed by atoms with Crippen molar-refractivity contribution in [1.29, 1.82) is 0 Å². The Morgan fingerprint density at radius 3 is 2.95 bits per heavy atom. The van der Waals surface area contributed by atoms with Crippen LogP contribution in [-0.4, -0.2) is 11.9 Å². The van der Waals surface area contributed by atoms with E-state index in [0.29, 0.717) is 6.04 Å². The van der Waals surface area contributed by atoms with Gasteiger partial charge in [0.1, 0.15) is 6.04 Å². The van der Waals surface area contributed by atoms with Crippen molar-refractivity contribution in [2.24, 2.45) is 29.4 Å². The van der Waals surface area contributed by atoms with E-state index in [0.717, 1.165) is 28.5 Å². The standard InChI is InChI=1S/C16H22N2OS/c17-15(14-5-2-6-20-14)16(19)18-13-8-9-7-12(13)11-4-1-3-10(9)11/h2,5-6,9-13,15H,1,3-4,7-8,17H2,(H,18,19).